The Balaban J connectivity index is 2.73. The summed E-state index contributed by atoms with van der Waals surface area (Å²) in [6.07, 6.45) is 2.89. The number of aryl methyl sites for hydroxylation is 1. The van der Waals surface area contributed by atoms with E-state index in [1.807, 2.05) is 51.1 Å². The lowest BCUT2D eigenvalue weighted by Crippen LogP contribution is -2.03. The van der Waals surface area contributed by atoms with E-state index in [2.05, 4.69) is 0 Å². The van der Waals surface area contributed by atoms with E-state index in [1.54, 1.807) is 0 Å². The minimum absolute atomic E-state index is 0.209. The molecule has 80 valence electrons. The molecule has 2 nitrogen and oxygen atoms in total. The third-order valence-electron chi connectivity index (χ3n) is 2.03. The second-order valence-electron chi connectivity index (χ2n) is 3.52. The zero-order valence-corrected chi connectivity index (χ0v) is 9.50. The van der Waals surface area contributed by atoms with Gasteiger partial charge < -0.3 is 4.74 Å². The van der Waals surface area contributed by atoms with Crippen molar-refractivity contribution in [3.8, 4) is 0 Å². The van der Waals surface area contributed by atoms with Crippen LogP contribution in [0.5, 0.6) is 0 Å². The number of hydrogen-bond acceptors (Lipinski definition) is 2. The summed E-state index contributed by atoms with van der Waals surface area (Å²) < 4.78 is 5.38. The van der Waals surface area contributed by atoms with Gasteiger partial charge in [0.2, 0.25) is 5.90 Å². The fourth-order valence-electron chi connectivity index (χ4n) is 1.34. The molecule has 0 unspecified atom stereocenters. The molecule has 15 heavy (non-hydrogen) atoms. The Morgan fingerprint density at radius 2 is 2.20 bits per heavy atom. The van der Waals surface area contributed by atoms with E-state index in [9.17, 15) is 0 Å². The first kappa shape index (κ1) is 11.5. The number of benzene rings is 1. The molecular formula is C13H17NO. The second-order valence-corrected chi connectivity index (χ2v) is 3.52. The lowest BCUT2D eigenvalue weighted by atomic mass is 10.1. The van der Waals surface area contributed by atoms with Crippen LogP contribution in [0.25, 0.3) is 0 Å². The summed E-state index contributed by atoms with van der Waals surface area (Å²) in [5, 5.41) is 7.77. The molecule has 0 aliphatic carbocycles. The highest BCUT2D eigenvalue weighted by molar-refractivity contribution is 5.92. The van der Waals surface area contributed by atoms with Gasteiger partial charge in [0.05, 0.1) is 5.76 Å². The van der Waals surface area contributed by atoms with Gasteiger partial charge in [0, 0.05) is 5.56 Å². The van der Waals surface area contributed by atoms with Crippen molar-refractivity contribution >= 4 is 5.90 Å². The summed E-state index contributed by atoms with van der Waals surface area (Å²) in [5.74, 6) is 0.991. The minimum atomic E-state index is 0.209. The standard InChI is InChI=1S/C13H17NO/c1-4-6-11(3)15-13(14)12-8-5-7-10(2)9-12/h5-9,14H,4H2,1-3H3/b11-6+,14-13?. The van der Waals surface area contributed by atoms with Crippen LogP contribution in [0.15, 0.2) is 36.1 Å². The SMILES string of the molecule is CC/C=C(\C)OC(=N)c1cccc(C)c1. The van der Waals surface area contributed by atoms with Crippen molar-refractivity contribution in [2.75, 3.05) is 0 Å². The van der Waals surface area contributed by atoms with Crippen LogP contribution in [0.1, 0.15) is 31.4 Å². The summed E-state index contributed by atoms with van der Waals surface area (Å²) in [6.45, 7) is 5.92. The van der Waals surface area contributed by atoms with Crippen LogP contribution in [0, 0.1) is 12.3 Å². The molecule has 0 saturated heterocycles. The zero-order valence-electron chi connectivity index (χ0n) is 9.50. The molecule has 0 bridgehead atoms. The molecule has 1 N–H and O–H groups in total. The monoisotopic (exact) mass is 203 g/mol. The average Bonchev–Trinajstić information content (AvgIpc) is 2.18. The van der Waals surface area contributed by atoms with Gasteiger partial charge in [-0.1, -0.05) is 24.6 Å². The fourth-order valence-corrected chi connectivity index (χ4v) is 1.34. The molecule has 0 aliphatic rings. The maximum atomic E-state index is 7.77. The van der Waals surface area contributed by atoms with Crippen molar-refractivity contribution in [3.63, 3.8) is 0 Å². The smallest absolute Gasteiger partial charge is 0.218 e. The van der Waals surface area contributed by atoms with Crippen LogP contribution >= 0.6 is 0 Å². The summed E-state index contributed by atoms with van der Waals surface area (Å²) in [6, 6.07) is 7.77. The topological polar surface area (TPSA) is 33.1 Å². The van der Waals surface area contributed by atoms with Gasteiger partial charge in [-0.15, -0.1) is 0 Å². The normalized spacial score (nSPS) is 11.3. The first-order chi connectivity index (χ1) is 7.13. The average molecular weight is 203 g/mol. The molecular weight excluding hydrogens is 186 g/mol. The highest BCUT2D eigenvalue weighted by Gasteiger charge is 2.02. The van der Waals surface area contributed by atoms with Gasteiger partial charge in [0.15, 0.2) is 0 Å². The first-order valence-electron chi connectivity index (χ1n) is 5.13. The van der Waals surface area contributed by atoms with Crippen molar-refractivity contribution in [2.24, 2.45) is 0 Å². The van der Waals surface area contributed by atoms with Gasteiger partial charge in [-0.05, 0) is 38.5 Å². The van der Waals surface area contributed by atoms with Crippen LogP contribution in [0.4, 0.5) is 0 Å². The van der Waals surface area contributed by atoms with Crippen LogP contribution in [0.3, 0.4) is 0 Å². The molecule has 0 saturated carbocycles. The third kappa shape index (κ3) is 3.58. The second kappa shape index (κ2) is 5.35. The Hall–Kier alpha value is -1.57. The van der Waals surface area contributed by atoms with Gasteiger partial charge in [0.25, 0.3) is 0 Å². The van der Waals surface area contributed by atoms with Gasteiger partial charge in [-0.2, -0.15) is 0 Å². The zero-order chi connectivity index (χ0) is 11.3. The molecule has 0 fully saturated rings. The summed E-state index contributed by atoms with van der Waals surface area (Å²) in [4.78, 5) is 0. The maximum absolute atomic E-state index is 7.77. The number of hydrogen-bond donors (Lipinski definition) is 1. The quantitative estimate of drug-likeness (QED) is 0.454. The van der Waals surface area contributed by atoms with E-state index in [-0.39, 0.29) is 5.90 Å². The highest BCUT2D eigenvalue weighted by Crippen LogP contribution is 2.08. The predicted octanol–water partition coefficient (Wildman–Crippen LogP) is 3.65. The Labute approximate surface area is 91.1 Å². The Morgan fingerprint density at radius 1 is 1.47 bits per heavy atom. The molecule has 0 heterocycles. The van der Waals surface area contributed by atoms with E-state index in [0.717, 1.165) is 23.3 Å². The molecule has 1 aromatic carbocycles. The molecule has 0 aromatic heterocycles. The molecule has 2 heteroatoms. The summed E-state index contributed by atoms with van der Waals surface area (Å²) in [5.41, 5.74) is 1.96. The van der Waals surface area contributed by atoms with Crippen molar-refractivity contribution in [1.29, 1.82) is 5.41 Å². The molecule has 0 amide bonds. The maximum Gasteiger partial charge on any atom is 0.218 e. The number of nitrogens with one attached hydrogen (secondary N) is 1. The summed E-state index contributed by atoms with van der Waals surface area (Å²) >= 11 is 0. The predicted molar refractivity (Wildman–Crippen MR) is 63.1 cm³/mol. The lowest BCUT2D eigenvalue weighted by Gasteiger charge is -2.07. The highest BCUT2D eigenvalue weighted by atomic mass is 16.5. The van der Waals surface area contributed by atoms with E-state index >= 15 is 0 Å². The molecule has 0 atom stereocenters. The van der Waals surface area contributed by atoms with E-state index in [1.165, 1.54) is 0 Å². The number of ether oxygens (including phenoxy) is 1. The van der Waals surface area contributed by atoms with Gasteiger partial charge in [-0.25, -0.2) is 0 Å². The largest absolute Gasteiger partial charge is 0.444 e. The van der Waals surface area contributed by atoms with Crippen molar-refractivity contribution in [1.82, 2.24) is 0 Å². The van der Waals surface area contributed by atoms with Crippen LogP contribution in [-0.4, -0.2) is 5.90 Å². The Bertz CT molecular complexity index is 380. The van der Waals surface area contributed by atoms with Crippen molar-refractivity contribution < 1.29 is 4.74 Å². The number of allylic oxidation sites excluding steroid dienone is 2. The molecule has 0 aliphatic heterocycles. The molecule has 0 radical (unpaired) electrons. The molecule has 1 aromatic rings. The lowest BCUT2D eigenvalue weighted by molar-refractivity contribution is 0.412. The van der Waals surface area contributed by atoms with Crippen molar-refractivity contribution in [3.05, 3.63) is 47.2 Å². The minimum Gasteiger partial charge on any atom is -0.444 e. The fraction of sp³-hybridized carbons (Fsp3) is 0.308. The summed E-state index contributed by atoms with van der Waals surface area (Å²) in [7, 11) is 0. The molecule has 1 rings (SSSR count). The van der Waals surface area contributed by atoms with Crippen molar-refractivity contribution in [2.45, 2.75) is 27.2 Å². The third-order valence-corrected chi connectivity index (χ3v) is 2.03. The van der Waals surface area contributed by atoms with Crippen LogP contribution in [0.2, 0.25) is 0 Å². The first-order valence-corrected chi connectivity index (χ1v) is 5.13. The Kier molecular flexibility index (Phi) is 4.10. The van der Waals surface area contributed by atoms with Crippen LogP contribution in [-0.2, 0) is 4.74 Å². The van der Waals surface area contributed by atoms with E-state index in [4.69, 9.17) is 10.1 Å². The van der Waals surface area contributed by atoms with Gasteiger partial charge in [0.1, 0.15) is 0 Å². The van der Waals surface area contributed by atoms with Crippen LogP contribution < -0.4 is 0 Å². The number of rotatable bonds is 3. The molecule has 0 spiro atoms. The van der Waals surface area contributed by atoms with Gasteiger partial charge in [-0.3, -0.25) is 5.41 Å². The van der Waals surface area contributed by atoms with E-state index < -0.39 is 0 Å². The van der Waals surface area contributed by atoms with E-state index in [0.29, 0.717) is 0 Å². The van der Waals surface area contributed by atoms with Gasteiger partial charge >= 0.3 is 0 Å². The Morgan fingerprint density at radius 3 is 2.80 bits per heavy atom.